The van der Waals surface area contributed by atoms with Gasteiger partial charge in [0.05, 0.1) is 25.0 Å². The summed E-state index contributed by atoms with van der Waals surface area (Å²) in [6.07, 6.45) is 0. The molecule has 0 spiro atoms. The number of carbonyl (C=O) groups is 2. The summed E-state index contributed by atoms with van der Waals surface area (Å²) in [4.78, 5) is 24.9. The van der Waals surface area contributed by atoms with Crippen LogP contribution in [-0.4, -0.2) is 35.4 Å². The van der Waals surface area contributed by atoms with E-state index >= 15 is 0 Å². The number of ether oxygens (including phenoxy) is 2. The van der Waals surface area contributed by atoms with E-state index in [9.17, 15) is 9.59 Å². The van der Waals surface area contributed by atoms with E-state index in [2.05, 4.69) is 10.4 Å². The van der Waals surface area contributed by atoms with Crippen molar-refractivity contribution in [2.75, 3.05) is 19.0 Å². The topological polar surface area (TPSA) is 82.4 Å². The van der Waals surface area contributed by atoms with Crippen LogP contribution in [-0.2, 0) is 16.1 Å². The Hall–Kier alpha value is -3.03. The number of hydrogen-bond donors (Lipinski definition) is 1. The van der Waals surface area contributed by atoms with Gasteiger partial charge in [0.25, 0.3) is 5.91 Å². The van der Waals surface area contributed by atoms with Crippen molar-refractivity contribution < 1.29 is 19.1 Å². The zero-order chi connectivity index (χ0) is 23.4. The number of nitrogens with zero attached hydrogens (tertiary/aromatic N) is 2. The predicted molar refractivity (Wildman–Crippen MR) is 124 cm³/mol. The molecule has 0 aliphatic rings. The van der Waals surface area contributed by atoms with E-state index in [1.54, 1.807) is 26.0 Å². The molecule has 7 nitrogen and oxygen atoms in total. The molecule has 1 heterocycles. The van der Waals surface area contributed by atoms with Gasteiger partial charge in [0.15, 0.2) is 6.61 Å². The molecule has 0 unspecified atom stereocenters. The highest BCUT2D eigenvalue weighted by Gasteiger charge is 2.23. The maximum absolute atomic E-state index is 12.6. The molecule has 3 aromatic rings. The van der Waals surface area contributed by atoms with Gasteiger partial charge < -0.3 is 14.8 Å². The highest BCUT2D eigenvalue weighted by atomic mass is 35.5. The number of methoxy groups -OCH3 is 1. The molecule has 0 saturated heterocycles. The molecule has 1 amide bonds. The number of carbonyl (C=O) groups excluding carboxylic acids is 2. The maximum Gasteiger partial charge on any atom is 0.343 e. The normalized spacial score (nSPS) is 10.7. The molecular weight excluding hydrogens is 453 g/mol. The minimum absolute atomic E-state index is 0.131. The van der Waals surface area contributed by atoms with Crippen molar-refractivity contribution in [3.8, 4) is 5.75 Å². The van der Waals surface area contributed by atoms with E-state index in [1.165, 1.54) is 11.8 Å². The third kappa shape index (κ3) is 5.41. The largest absolute Gasteiger partial charge is 0.495 e. The number of aryl methyl sites for hydroxylation is 3. The summed E-state index contributed by atoms with van der Waals surface area (Å²) >= 11 is 12.5. The Morgan fingerprint density at radius 1 is 1.09 bits per heavy atom. The molecule has 1 N–H and O–H groups in total. The van der Waals surface area contributed by atoms with Crippen LogP contribution >= 0.6 is 23.2 Å². The van der Waals surface area contributed by atoms with Gasteiger partial charge in [-0.2, -0.15) is 5.10 Å². The fourth-order valence-corrected chi connectivity index (χ4v) is 3.54. The first-order chi connectivity index (χ1) is 15.2. The van der Waals surface area contributed by atoms with E-state index in [0.29, 0.717) is 28.7 Å². The second kappa shape index (κ2) is 10.1. The molecule has 168 valence electrons. The smallest absolute Gasteiger partial charge is 0.343 e. The average Bonchev–Trinajstić information content (AvgIpc) is 3.03. The highest BCUT2D eigenvalue weighted by Crippen LogP contribution is 2.31. The number of halogens is 2. The number of aromatic nitrogens is 2. The Morgan fingerprint density at radius 3 is 2.44 bits per heavy atom. The molecule has 3 rings (SSSR count). The summed E-state index contributed by atoms with van der Waals surface area (Å²) in [6, 6.07) is 11.2. The fraction of sp³-hybridized carbons (Fsp3) is 0.261. The van der Waals surface area contributed by atoms with Gasteiger partial charge in [0.2, 0.25) is 0 Å². The first kappa shape index (κ1) is 23.6. The van der Waals surface area contributed by atoms with Crippen molar-refractivity contribution in [2.45, 2.75) is 27.3 Å². The monoisotopic (exact) mass is 475 g/mol. The van der Waals surface area contributed by atoms with Crippen molar-refractivity contribution in [3.05, 3.63) is 74.5 Å². The van der Waals surface area contributed by atoms with Gasteiger partial charge in [0.1, 0.15) is 16.5 Å². The predicted octanol–water partition coefficient (Wildman–Crippen LogP) is 4.97. The molecular formula is C23H23Cl2N3O4. The lowest BCUT2D eigenvalue weighted by atomic mass is 10.1. The zero-order valence-corrected chi connectivity index (χ0v) is 19.7. The van der Waals surface area contributed by atoms with Crippen molar-refractivity contribution in [1.29, 1.82) is 0 Å². The quantitative estimate of drug-likeness (QED) is 0.487. The van der Waals surface area contributed by atoms with Gasteiger partial charge in [-0.25, -0.2) is 9.48 Å². The summed E-state index contributed by atoms with van der Waals surface area (Å²) < 4.78 is 11.9. The van der Waals surface area contributed by atoms with Crippen LogP contribution in [0.25, 0.3) is 0 Å². The van der Waals surface area contributed by atoms with Crippen LogP contribution in [0.4, 0.5) is 5.69 Å². The van der Waals surface area contributed by atoms with Crippen molar-refractivity contribution in [1.82, 2.24) is 9.78 Å². The van der Waals surface area contributed by atoms with Crippen LogP contribution in [0, 0.1) is 20.8 Å². The molecule has 32 heavy (non-hydrogen) atoms. The summed E-state index contributed by atoms with van der Waals surface area (Å²) in [6.45, 7) is 5.38. The number of nitrogens with one attached hydrogen (secondary N) is 1. The van der Waals surface area contributed by atoms with E-state index in [4.69, 9.17) is 32.7 Å². The first-order valence-electron chi connectivity index (χ1n) is 9.79. The van der Waals surface area contributed by atoms with Gasteiger partial charge >= 0.3 is 5.97 Å². The average molecular weight is 476 g/mol. The van der Waals surface area contributed by atoms with Gasteiger partial charge in [-0.1, -0.05) is 53.0 Å². The number of rotatable bonds is 7. The number of hydrogen-bond acceptors (Lipinski definition) is 5. The summed E-state index contributed by atoms with van der Waals surface area (Å²) in [7, 11) is 1.47. The van der Waals surface area contributed by atoms with Crippen LogP contribution in [0.5, 0.6) is 5.75 Å². The van der Waals surface area contributed by atoms with E-state index in [-0.39, 0.29) is 10.7 Å². The molecule has 0 fully saturated rings. The molecule has 0 saturated carbocycles. The molecule has 9 heteroatoms. The number of benzene rings is 2. The molecule has 0 bridgehead atoms. The Balaban J connectivity index is 1.66. The van der Waals surface area contributed by atoms with Gasteiger partial charge in [-0.05, 0) is 38.0 Å². The minimum atomic E-state index is -0.725. The summed E-state index contributed by atoms with van der Waals surface area (Å²) in [5, 5.41) is 7.66. The molecule has 0 radical (unpaired) electrons. The summed E-state index contributed by atoms with van der Waals surface area (Å²) in [5.74, 6) is -0.854. The Bertz CT molecular complexity index is 1160. The second-order valence-corrected chi connectivity index (χ2v) is 8.09. The summed E-state index contributed by atoms with van der Waals surface area (Å²) in [5.41, 5.74) is 3.88. The zero-order valence-electron chi connectivity index (χ0n) is 18.2. The standard InChI is InChI=1S/C23H23Cl2N3O4/c1-13-5-7-16(8-6-13)11-28-22(25)21(15(3)27-28)23(30)32-12-20(29)26-18-9-14(2)17(24)10-19(18)31-4/h5-10H,11-12H2,1-4H3,(H,26,29). The molecule has 1 aromatic heterocycles. The van der Waals surface area contributed by atoms with Gasteiger partial charge in [-0.3, -0.25) is 4.79 Å². The van der Waals surface area contributed by atoms with Gasteiger partial charge in [0, 0.05) is 11.1 Å². The van der Waals surface area contributed by atoms with Crippen molar-refractivity contribution in [3.63, 3.8) is 0 Å². The minimum Gasteiger partial charge on any atom is -0.495 e. The van der Waals surface area contributed by atoms with E-state index < -0.39 is 18.5 Å². The number of anilines is 1. The van der Waals surface area contributed by atoms with Crippen molar-refractivity contribution in [2.24, 2.45) is 0 Å². The highest BCUT2D eigenvalue weighted by molar-refractivity contribution is 6.33. The van der Waals surface area contributed by atoms with Crippen LogP contribution < -0.4 is 10.1 Å². The Kier molecular flexibility index (Phi) is 7.43. The van der Waals surface area contributed by atoms with Crippen molar-refractivity contribution >= 4 is 40.8 Å². The van der Waals surface area contributed by atoms with E-state index in [0.717, 1.165) is 16.7 Å². The first-order valence-corrected chi connectivity index (χ1v) is 10.5. The van der Waals surface area contributed by atoms with Crippen LogP contribution in [0.1, 0.15) is 32.7 Å². The fourth-order valence-electron chi connectivity index (χ4n) is 3.08. The number of esters is 1. The van der Waals surface area contributed by atoms with Crippen LogP contribution in [0.2, 0.25) is 10.2 Å². The van der Waals surface area contributed by atoms with Gasteiger partial charge in [-0.15, -0.1) is 0 Å². The SMILES string of the molecule is COc1cc(Cl)c(C)cc1NC(=O)COC(=O)c1c(C)nn(Cc2ccc(C)cc2)c1Cl. The lowest BCUT2D eigenvalue weighted by molar-refractivity contribution is -0.119. The second-order valence-electron chi connectivity index (χ2n) is 7.32. The molecule has 2 aromatic carbocycles. The number of amides is 1. The molecule has 0 aliphatic carbocycles. The maximum atomic E-state index is 12.6. The molecule has 0 aliphatic heterocycles. The third-order valence-corrected chi connectivity index (χ3v) is 5.60. The Labute approximate surface area is 196 Å². The Morgan fingerprint density at radius 2 is 1.78 bits per heavy atom. The van der Waals surface area contributed by atoms with E-state index in [1.807, 2.05) is 31.2 Å². The third-order valence-electron chi connectivity index (χ3n) is 4.81. The molecule has 0 atom stereocenters. The van der Waals surface area contributed by atoms with Crippen LogP contribution in [0.15, 0.2) is 36.4 Å². The lowest BCUT2D eigenvalue weighted by Gasteiger charge is -2.12. The lowest BCUT2D eigenvalue weighted by Crippen LogP contribution is -2.21. The van der Waals surface area contributed by atoms with Crippen LogP contribution in [0.3, 0.4) is 0 Å².